The van der Waals surface area contributed by atoms with Crippen LogP contribution in [0.2, 0.25) is 0 Å². The Hall–Kier alpha value is -2.77. The fourth-order valence-corrected chi connectivity index (χ4v) is 2.49. The van der Waals surface area contributed by atoms with E-state index >= 15 is 0 Å². The molecule has 0 aliphatic carbocycles. The number of carbonyl (C=O) groups is 1. The molecule has 0 saturated heterocycles. The van der Waals surface area contributed by atoms with Gasteiger partial charge in [0.1, 0.15) is 5.52 Å². The van der Waals surface area contributed by atoms with Gasteiger partial charge in [-0.2, -0.15) is 0 Å². The van der Waals surface area contributed by atoms with Crippen molar-refractivity contribution >= 4 is 17.1 Å². The van der Waals surface area contributed by atoms with Crippen LogP contribution in [0, 0.1) is 12.8 Å². The van der Waals surface area contributed by atoms with Crippen molar-refractivity contribution in [2.45, 2.75) is 33.9 Å². The Morgan fingerprint density at radius 1 is 1.33 bits per heavy atom. The standard InChI is InChI=1S/C16H21N7O/c1-11(2)8-22-10-19-14-6-13(7-18-15(14)22)16(24)17-4-5-23-9-12(3)20-21-23/h6-7,9-11H,4-5,8H2,1-3H3,(H,17,24). The minimum atomic E-state index is -0.167. The molecule has 1 amide bonds. The van der Waals surface area contributed by atoms with E-state index in [4.69, 9.17) is 0 Å². The van der Waals surface area contributed by atoms with Gasteiger partial charge in [-0.15, -0.1) is 5.10 Å². The summed E-state index contributed by atoms with van der Waals surface area (Å²) in [5, 5.41) is 10.7. The number of fused-ring (bicyclic) bond motifs is 1. The second-order valence-electron chi connectivity index (χ2n) is 6.24. The Kier molecular flexibility index (Phi) is 4.54. The van der Waals surface area contributed by atoms with Gasteiger partial charge in [-0.1, -0.05) is 19.1 Å². The van der Waals surface area contributed by atoms with Crippen LogP contribution < -0.4 is 5.32 Å². The molecule has 3 aromatic rings. The molecule has 0 spiro atoms. The number of aryl methyl sites for hydroxylation is 1. The van der Waals surface area contributed by atoms with Gasteiger partial charge in [0.25, 0.3) is 5.91 Å². The Bertz CT molecular complexity index is 849. The maximum Gasteiger partial charge on any atom is 0.252 e. The highest BCUT2D eigenvalue weighted by Crippen LogP contribution is 2.13. The number of hydrogen-bond acceptors (Lipinski definition) is 5. The molecule has 0 fully saturated rings. The monoisotopic (exact) mass is 327 g/mol. The van der Waals surface area contributed by atoms with Crippen molar-refractivity contribution in [1.29, 1.82) is 0 Å². The fourth-order valence-electron chi connectivity index (χ4n) is 2.49. The van der Waals surface area contributed by atoms with E-state index in [1.165, 1.54) is 0 Å². The average molecular weight is 327 g/mol. The van der Waals surface area contributed by atoms with Gasteiger partial charge < -0.3 is 9.88 Å². The van der Waals surface area contributed by atoms with Crippen LogP contribution in [0.1, 0.15) is 29.9 Å². The van der Waals surface area contributed by atoms with Crippen molar-refractivity contribution in [3.05, 3.63) is 36.0 Å². The molecule has 0 aromatic carbocycles. The summed E-state index contributed by atoms with van der Waals surface area (Å²) >= 11 is 0. The van der Waals surface area contributed by atoms with Gasteiger partial charge in [-0.3, -0.25) is 9.48 Å². The van der Waals surface area contributed by atoms with Crippen molar-refractivity contribution in [2.24, 2.45) is 5.92 Å². The predicted octanol–water partition coefficient (Wildman–Crippen LogP) is 1.42. The van der Waals surface area contributed by atoms with E-state index < -0.39 is 0 Å². The molecule has 0 aliphatic heterocycles. The Morgan fingerprint density at radius 3 is 2.88 bits per heavy atom. The van der Waals surface area contributed by atoms with Crippen molar-refractivity contribution in [3.63, 3.8) is 0 Å². The number of carbonyl (C=O) groups excluding carboxylic acids is 1. The van der Waals surface area contributed by atoms with Gasteiger partial charge in [0.05, 0.1) is 24.1 Å². The van der Waals surface area contributed by atoms with Gasteiger partial charge >= 0.3 is 0 Å². The summed E-state index contributed by atoms with van der Waals surface area (Å²) in [5.41, 5.74) is 2.90. The first kappa shape index (κ1) is 16.1. The number of aromatic nitrogens is 6. The molecule has 0 saturated carbocycles. The minimum Gasteiger partial charge on any atom is -0.350 e. The van der Waals surface area contributed by atoms with Crippen LogP contribution in [0.4, 0.5) is 0 Å². The van der Waals surface area contributed by atoms with E-state index in [0.717, 1.165) is 23.4 Å². The first-order valence-electron chi connectivity index (χ1n) is 7.99. The molecule has 0 bridgehead atoms. The molecular formula is C16H21N7O. The quantitative estimate of drug-likeness (QED) is 0.739. The molecule has 3 heterocycles. The highest BCUT2D eigenvalue weighted by Gasteiger charge is 2.11. The molecule has 126 valence electrons. The Labute approximate surface area is 139 Å². The lowest BCUT2D eigenvalue weighted by atomic mass is 10.2. The average Bonchev–Trinajstić information content (AvgIpc) is 3.13. The summed E-state index contributed by atoms with van der Waals surface area (Å²) in [7, 11) is 0. The summed E-state index contributed by atoms with van der Waals surface area (Å²) in [4.78, 5) is 21.0. The minimum absolute atomic E-state index is 0.167. The van der Waals surface area contributed by atoms with Crippen LogP contribution in [-0.4, -0.2) is 42.0 Å². The highest BCUT2D eigenvalue weighted by molar-refractivity contribution is 5.96. The maximum absolute atomic E-state index is 12.2. The molecular weight excluding hydrogens is 306 g/mol. The Morgan fingerprint density at radius 2 is 2.17 bits per heavy atom. The summed E-state index contributed by atoms with van der Waals surface area (Å²) in [6.45, 7) is 8.06. The Balaban J connectivity index is 1.64. The van der Waals surface area contributed by atoms with Crippen LogP contribution >= 0.6 is 0 Å². The topological polar surface area (TPSA) is 90.5 Å². The van der Waals surface area contributed by atoms with Crippen molar-refractivity contribution in [1.82, 2.24) is 34.8 Å². The zero-order valence-corrected chi connectivity index (χ0v) is 14.1. The van der Waals surface area contributed by atoms with E-state index in [1.54, 1.807) is 23.3 Å². The predicted molar refractivity (Wildman–Crippen MR) is 89.5 cm³/mol. The zero-order chi connectivity index (χ0) is 17.1. The number of hydrogen-bond donors (Lipinski definition) is 1. The van der Waals surface area contributed by atoms with Crippen molar-refractivity contribution < 1.29 is 4.79 Å². The lowest BCUT2D eigenvalue weighted by Gasteiger charge is -2.07. The zero-order valence-electron chi connectivity index (χ0n) is 14.1. The van der Waals surface area contributed by atoms with Gasteiger partial charge in [-0.25, -0.2) is 9.97 Å². The van der Waals surface area contributed by atoms with Crippen molar-refractivity contribution in [3.8, 4) is 0 Å². The molecule has 1 N–H and O–H groups in total. The molecule has 0 atom stereocenters. The maximum atomic E-state index is 12.2. The van der Waals surface area contributed by atoms with Gasteiger partial charge in [0.15, 0.2) is 5.65 Å². The van der Waals surface area contributed by atoms with Gasteiger partial charge in [0, 0.05) is 25.5 Å². The van der Waals surface area contributed by atoms with E-state index in [0.29, 0.717) is 24.6 Å². The molecule has 3 rings (SSSR count). The molecule has 3 aromatic heterocycles. The van der Waals surface area contributed by atoms with Crippen LogP contribution in [-0.2, 0) is 13.1 Å². The first-order valence-corrected chi connectivity index (χ1v) is 7.99. The molecule has 0 aliphatic rings. The molecule has 24 heavy (non-hydrogen) atoms. The number of pyridine rings is 1. The second-order valence-corrected chi connectivity index (χ2v) is 6.24. The third-order valence-electron chi connectivity index (χ3n) is 3.56. The normalized spacial score (nSPS) is 11.3. The van der Waals surface area contributed by atoms with Gasteiger partial charge in [0.2, 0.25) is 0 Å². The van der Waals surface area contributed by atoms with E-state index in [2.05, 4.69) is 39.4 Å². The molecule has 0 radical (unpaired) electrons. The third-order valence-corrected chi connectivity index (χ3v) is 3.56. The van der Waals surface area contributed by atoms with Crippen LogP contribution in [0.5, 0.6) is 0 Å². The molecule has 8 nitrogen and oxygen atoms in total. The third kappa shape index (κ3) is 3.58. The number of imidazole rings is 1. The fraction of sp³-hybridized carbons (Fsp3) is 0.438. The van der Waals surface area contributed by atoms with E-state index in [-0.39, 0.29) is 5.91 Å². The number of nitrogens with one attached hydrogen (secondary N) is 1. The SMILES string of the molecule is Cc1cn(CCNC(=O)c2cnc3c(c2)ncn3CC(C)C)nn1. The summed E-state index contributed by atoms with van der Waals surface area (Å²) in [6.07, 6.45) is 5.20. The van der Waals surface area contributed by atoms with E-state index in [9.17, 15) is 4.79 Å². The number of nitrogens with zero attached hydrogens (tertiary/aromatic N) is 6. The second kappa shape index (κ2) is 6.77. The number of amides is 1. The van der Waals surface area contributed by atoms with Crippen LogP contribution in [0.15, 0.2) is 24.8 Å². The summed E-state index contributed by atoms with van der Waals surface area (Å²) in [5.74, 6) is 0.340. The van der Waals surface area contributed by atoms with Gasteiger partial charge in [-0.05, 0) is 18.9 Å². The van der Waals surface area contributed by atoms with Crippen LogP contribution in [0.3, 0.4) is 0 Å². The molecule has 8 heteroatoms. The number of rotatable bonds is 6. The van der Waals surface area contributed by atoms with E-state index in [1.807, 2.05) is 17.7 Å². The largest absolute Gasteiger partial charge is 0.350 e. The summed E-state index contributed by atoms with van der Waals surface area (Å²) in [6, 6.07) is 1.77. The highest BCUT2D eigenvalue weighted by atomic mass is 16.1. The summed E-state index contributed by atoms with van der Waals surface area (Å²) < 4.78 is 3.71. The van der Waals surface area contributed by atoms with Crippen LogP contribution in [0.25, 0.3) is 11.2 Å². The molecule has 0 unspecified atom stereocenters. The van der Waals surface area contributed by atoms with Crippen molar-refractivity contribution in [2.75, 3.05) is 6.54 Å². The lowest BCUT2D eigenvalue weighted by molar-refractivity contribution is 0.0951. The first-order chi connectivity index (χ1) is 11.5. The lowest BCUT2D eigenvalue weighted by Crippen LogP contribution is -2.27. The smallest absolute Gasteiger partial charge is 0.252 e.